The van der Waals surface area contributed by atoms with Crippen LogP contribution in [0.1, 0.15) is 44.9 Å². The number of hydrogen-bond donors (Lipinski definition) is 1. The maximum Gasteiger partial charge on any atom is 0.123 e. The molecule has 3 heteroatoms. The fraction of sp³-hybridized carbons (Fsp3) is 0.625. The molecule has 0 fully saturated rings. The van der Waals surface area contributed by atoms with Gasteiger partial charge in [0, 0.05) is 24.2 Å². The summed E-state index contributed by atoms with van der Waals surface area (Å²) < 4.78 is 5.74. The van der Waals surface area contributed by atoms with Gasteiger partial charge in [0.25, 0.3) is 0 Å². The molecule has 0 amide bonds. The smallest absolute Gasteiger partial charge is 0.123 e. The van der Waals surface area contributed by atoms with E-state index in [1.807, 2.05) is 14.0 Å². The van der Waals surface area contributed by atoms with Crippen LogP contribution in [0.4, 0.5) is 0 Å². The maximum absolute atomic E-state index is 5.74. The summed E-state index contributed by atoms with van der Waals surface area (Å²) in [6.07, 6.45) is 0. The van der Waals surface area contributed by atoms with E-state index in [9.17, 15) is 0 Å². The van der Waals surface area contributed by atoms with Gasteiger partial charge in [-0.1, -0.05) is 6.07 Å². The maximum atomic E-state index is 5.74. The van der Waals surface area contributed by atoms with E-state index in [-0.39, 0.29) is 0 Å². The van der Waals surface area contributed by atoms with Crippen molar-refractivity contribution in [3.05, 3.63) is 29.3 Å². The number of ether oxygens (including phenoxy) is 1. The van der Waals surface area contributed by atoms with Crippen LogP contribution in [0, 0.1) is 0 Å². The molecule has 1 unspecified atom stereocenters. The van der Waals surface area contributed by atoms with Crippen LogP contribution in [-0.4, -0.2) is 31.6 Å². The SMILES string of the molecule is CCOc1ccc(C(C)NC)cc1CN(C)C(C)C. The molecule has 0 bridgehead atoms. The molecule has 0 aliphatic carbocycles. The summed E-state index contributed by atoms with van der Waals surface area (Å²) in [5, 5.41) is 3.28. The second-order valence-electron chi connectivity index (χ2n) is 5.32. The Balaban J connectivity index is 3.01. The second kappa shape index (κ2) is 7.51. The van der Waals surface area contributed by atoms with E-state index in [0.717, 1.165) is 12.3 Å². The lowest BCUT2D eigenvalue weighted by Gasteiger charge is -2.23. The van der Waals surface area contributed by atoms with E-state index < -0.39 is 0 Å². The Kier molecular flexibility index (Phi) is 6.32. The van der Waals surface area contributed by atoms with Gasteiger partial charge in [0.05, 0.1) is 6.61 Å². The summed E-state index contributed by atoms with van der Waals surface area (Å²) in [7, 11) is 4.13. The van der Waals surface area contributed by atoms with Gasteiger partial charge in [-0.2, -0.15) is 0 Å². The zero-order chi connectivity index (χ0) is 14.4. The molecule has 19 heavy (non-hydrogen) atoms. The molecule has 108 valence electrons. The Morgan fingerprint density at radius 2 is 1.95 bits per heavy atom. The third-order valence-electron chi connectivity index (χ3n) is 3.62. The summed E-state index contributed by atoms with van der Waals surface area (Å²) in [6, 6.07) is 7.38. The van der Waals surface area contributed by atoms with E-state index in [1.165, 1.54) is 11.1 Å². The Hall–Kier alpha value is -1.06. The first-order valence-corrected chi connectivity index (χ1v) is 7.12. The van der Waals surface area contributed by atoms with Gasteiger partial charge in [-0.15, -0.1) is 0 Å². The molecule has 0 aromatic heterocycles. The van der Waals surface area contributed by atoms with E-state index in [0.29, 0.717) is 18.7 Å². The first-order chi connectivity index (χ1) is 8.99. The number of nitrogens with zero attached hydrogens (tertiary/aromatic N) is 1. The van der Waals surface area contributed by atoms with Gasteiger partial charge in [0.2, 0.25) is 0 Å². The van der Waals surface area contributed by atoms with Crippen molar-refractivity contribution < 1.29 is 4.74 Å². The number of benzene rings is 1. The van der Waals surface area contributed by atoms with Crippen LogP contribution in [0.25, 0.3) is 0 Å². The molecule has 0 aliphatic heterocycles. The minimum Gasteiger partial charge on any atom is -0.494 e. The minimum absolute atomic E-state index is 0.360. The van der Waals surface area contributed by atoms with E-state index in [2.05, 4.69) is 56.2 Å². The quantitative estimate of drug-likeness (QED) is 0.818. The molecule has 0 spiro atoms. The van der Waals surface area contributed by atoms with Crippen molar-refractivity contribution in [2.45, 2.75) is 46.3 Å². The van der Waals surface area contributed by atoms with Crippen molar-refractivity contribution in [3.8, 4) is 5.75 Å². The normalized spacial score (nSPS) is 13.1. The molecule has 0 heterocycles. The fourth-order valence-corrected chi connectivity index (χ4v) is 1.91. The molecule has 1 rings (SSSR count). The molecular weight excluding hydrogens is 236 g/mol. The van der Waals surface area contributed by atoms with Crippen LogP contribution in [0.5, 0.6) is 5.75 Å². The molecule has 1 aromatic carbocycles. The lowest BCUT2D eigenvalue weighted by atomic mass is 10.0. The van der Waals surface area contributed by atoms with Crippen molar-refractivity contribution in [1.82, 2.24) is 10.2 Å². The van der Waals surface area contributed by atoms with E-state index in [4.69, 9.17) is 4.74 Å². The average molecular weight is 264 g/mol. The van der Waals surface area contributed by atoms with Gasteiger partial charge in [-0.25, -0.2) is 0 Å². The third-order valence-corrected chi connectivity index (χ3v) is 3.62. The van der Waals surface area contributed by atoms with E-state index >= 15 is 0 Å². The van der Waals surface area contributed by atoms with Gasteiger partial charge in [-0.3, -0.25) is 4.90 Å². The zero-order valence-corrected chi connectivity index (χ0v) is 13.2. The van der Waals surface area contributed by atoms with Gasteiger partial charge < -0.3 is 10.1 Å². The number of hydrogen-bond acceptors (Lipinski definition) is 3. The van der Waals surface area contributed by atoms with Crippen molar-refractivity contribution in [3.63, 3.8) is 0 Å². The summed E-state index contributed by atoms with van der Waals surface area (Å²) in [5.74, 6) is 1.00. The molecule has 0 aliphatic rings. The van der Waals surface area contributed by atoms with Crippen LogP contribution in [0.2, 0.25) is 0 Å². The summed E-state index contributed by atoms with van der Waals surface area (Å²) in [6.45, 7) is 10.2. The predicted octanol–water partition coefficient (Wildman–Crippen LogP) is 3.21. The minimum atomic E-state index is 0.360. The van der Waals surface area contributed by atoms with Crippen molar-refractivity contribution in [2.24, 2.45) is 0 Å². The molecule has 1 atom stereocenters. The summed E-state index contributed by atoms with van der Waals surface area (Å²) in [4.78, 5) is 2.33. The topological polar surface area (TPSA) is 24.5 Å². The first kappa shape index (κ1) is 16.0. The Morgan fingerprint density at radius 3 is 2.47 bits per heavy atom. The number of nitrogens with one attached hydrogen (secondary N) is 1. The standard InChI is InChI=1S/C16H28N2O/c1-7-19-16-9-8-14(13(4)17-5)10-15(16)11-18(6)12(2)3/h8-10,12-13,17H,7,11H2,1-6H3. The Morgan fingerprint density at radius 1 is 1.26 bits per heavy atom. The second-order valence-corrected chi connectivity index (χ2v) is 5.32. The molecule has 0 saturated heterocycles. The third kappa shape index (κ3) is 4.51. The van der Waals surface area contributed by atoms with E-state index in [1.54, 1.807) is 0 Å². The molecule has 3 nitrogen and oxygen atoms in total. The Labute approximate surface area is 118 Å². The van der Waals surface area contributed by atoms with Crippen LogP contribution in [-0.2, 0) is 6.54 Å². The van der Waals surface area contributed by atoms with Crippen LogP contribution in [0.3, 0.4) is 0 Å². The summed E-state index contributed by atoms with van der Waals surface area (Å²) in [5.41, 5.74) is 2.57. The predicted molar refractivity (Wildman–Crippen MR) is 81.7 cm³/mol. The van der Waals surface area contributed by atoms with Gasteiger partial charge in [-0.05, 0) is 59.5 Å². The zero-order valence-electron chi connectivity index (χ0n) is 13.2. The van der Waals surface area contributed by atoms with Crippen LogP contribution >= 0.6 is 0 Å². The summed E-state index contributed by atoms with van der Waals surface area (Å²) >= 11 is 0. The van der Waals surface area contributed by atoms with Gasteiger partial charge >= 0.3 is 0 Å². The average Bonchev–Trinajstić information content (AvgIpc) is 2.39. The Bertz CT molecular complexity index is 390. The highest BCUT2D eigenvalue weighted by Crippen LogP contribution is 2.25. The van der Waals surface area contributed by atoms with Crippen LogP contribution in [0.15, 0.2) is 18.2 Å². The molecule has 0 radical (unpaired) electrons. The molecule has 0 saturated carbocycles. The lowest BCUT2D eigenvalue weighted by Crippen LogP contribution is -2.26. The van der Waals surface area contributed by atoms with Crippen molar-refractivity contribution in [2.75, 3.05) is 20.7 Å². The molecule has 1 aromatic rings. The van der Waals surface area contributed by atoms with Crippen LogP contribution < -0.4 is 10.1 Å². The fourth-order valence-electron chi connectivity index (χ4n) is 1.91. The van der Waals surface area contributed by atoms with Crippen molar-refractivity contribution >= 4 is 0 Å². The largest absolute Gasteiger partial charge is 0.494 e. The lowest BCUT2D eigenvalue weighted by molar-refractivity contribution is 0.257. The van der Waals surface area contributed by atoms with Gasteiger partial charge in [0.1, 0.15) is 5.75 Å². The molecule has 1 N–H and O–H groups in total. The van der Waals surface area contributed by atoms with Crippen molar-refractivity contribution in [1.29, 1.82) is 0 Å². The highest BCUT2D eigenvalue weighted by Gasteiger charge is 2.12. The number of rotatable bonds is 7. The highest BCUT2D eigenvalue weighted by atomic mass is 16.5. The first-order valence-electron chi connectivity index (χ1n) is 7.12. The monoisotopic (exact) mass is 264 g/mol. The highest BCUT2D eigenvalue weighted by molar-refractivity contribution is 5.38. The van der Waals surface area contributed by atoms with Gasteiger partial charge in [0.15, 0.2) is 0 Å². The molecular formula is C16H28N2O.